The number of hydrogen-bond donors (Lipinski definition) is 5. The van der Waals surface area contributed by atoms with Crippen LogP contribution in [-0.4, -0.2) is 117 Å². The van der Waals surface area contributed by atoms with Crippen molar-refractivity contribution in [2.24, 2.45) is 11.8 Å². The zero-order valence-electron chi connectivity index (χ0n) is 41.5. The van der Waals surface area contributed by atoms with Gasteiger partial charge in [-0.15, -0.1) is 0 Å². The first kappa shape index (κ1) is 51.4. The highest BCUT2D eigenvalue weighted by Gasteiger charge is 2.81. The second-order valence-electron chi connectivity index (χ2n) is 20.4. The fraction of sp³-hybridized carbons (Fsp3) is 0.500. The molecule has 5 unspecified atom stereocenters. The van der Waals surface area contributed by atoms with E-state index in [1.165, 1.54) is 25.3 Å². The summed E-state index contributed by atoms with van der Waals surface area (Å²) in [6.45, 7) is 14.2. The average Bonchev–Trinajstić information content (AvgIpc) is 3.48. The summed E-state index contributed by atoms with van der Waals surface area (Å²) in [5, 5.41) is 48.7. The fourth-order valence-corrected chi connectivity index (χ4v) is 10.9. The molecular weight excluding hydrogens is 919 g/mol. The van der Waals surface area contributed by atoms with Gasteiger partial charge < -0.3 is 58.3 Å². The van der Waals surface area contributed by atoms with Gasteiger partial charge in [-0.25, -0.2) is 9.59 Å². The fourth-order valence-electron chi connectivity index (χ4n) is 10.9. The number of ether oxygens (including phenoxy) is 8. The second-order valence-corrected chi connectivity index (χ2v) is 20.4. The van der Waals surface area contributed by atoms with Crippen molar-refractivity contribution in [1.29, 1.82) is 5.41 Å². The van der Waals surface area contributed by atoms with Crippen molar-refractivity contribution in [3.8, 4) is 23.0 Å². The van der Waals surface area contributed by atoms with Crippen LogP contribution in [0.1, 0.15) is 118 Å². The molecule has 2 aromatic carbocycles. The number of esters is 2. The van der Waals surface area contributed by atoms with Gasteiger partial charge in [0.2, 0.25) is 6.29 Å². The van der Waals surface area contributed by atoms with Crippen LogP contribution in [0.25, 0.3) is 6.08 Å². The zero-order valence-corrected chi connectivity index (χ0v) is 41.5. The molecule has 7 aliphatic rings. The Labute approximate surface area is 412 Å². The van der Waals surface area contributed by atoms with E-state index >= 15 is 4.79 Å². The number of Topliss-reactive ketones (excluding diaryl/α,β-unsaturated/α-hetero) is 2. The van der Waals surface area contributed by atoms with Crippen LogP contribution in [0.4, 0.5) is 0 Å². The van der Waals surface area contributed by atoms with Crippen molar-refractivity contribution in [2.75, 3.05) is 13.7 Å². The number of ketones is 2. The predicted octanol–water partition coefficient (Wildman–Crippen LogP) is 6.14. The molecule has 3 fully saturated rings. The quantitative estimate of drug-likeness (QED) is 0.0316. The van der Waals surface area contributed by atoms with Crippen LogP contribution in [-0.2, 0) is 41.6 Å². The van der Waals surface area contributed by atoms with E-state index < -0.39 is 89.3 Å². The number of methoxy groups -OCH3 is 1. The maximum atomic E-state index is 15.9. The van der Waals surface area contributed by atoms with E-state index in [-0.39, 0.29) is 70.3 Å². The van der Waals surface area contributed by atoms with E-state index in [9.17, 15) is 34.8 Å². The van der Waals surface area contributed by atoms with Gasteiger partial charge in [0.25, 0.3) is 0 Å². The van der Waals surface area contributed by atoms with E-state index in [4.69, 9.17) is 43.3 Å². The summed E-state index contributed by atoms with van der Waals surface area (Å²) >= 11 is 0. The SMILES string of the molecule is COC(=O)/C(C)=C\CC12OC(C)(C)C3CC(C=C4C(=O)c5c(OC(=O)c6ccc(O[C@@H]7O[C@H](CO)[C@@H](O)[C@H](O)[C@H]7O)c(COC=N)c6)c6c(c(CC=C(C)C)c5OC431)OC(C)(CCC=C(C)C)C=C6)C2=O. The minimum absolute atomic E-state index is 0.00267. The third-order valence-electron chi connectivity index (χ3n) is 14.5. The van der Waals surface area contributed by atoms with Gasteiger partial charge in [-0.3, -0.25) is 15.0 Å². The van der Waals surface area contributed by atoms with Crippen molar-refractivity contribution in [3.63, 3.8) is 0 Å². The first-order valence-corrected chi connectivity index (χ1v) is 23.8. The molecule has 1 saturated carbocycles. The number of carbonyl (C=O) groups is 4. The van der Waals surface area contributed by atoms with E-state index in [1.807, 2.05) is 60.6 Å². The Hall–Kier alpha value is -5.95. The third kappa shape index (κ3) is 8.73. The topological polar surface area (TPSA) is 247 Å². The summed E-state index contributed by atoms with van der Waals surface area (Å²) in [5.74, 6) is -3.38. The maximum Gasteiger partial charge on any atom is 0.343 e. The lowest BCUT2D eigenvalue weighted by molar-refractivity contribution is -0.277. The largest absolute Gasteiger partial charge is 0.482 e. The maximum absolute atomic E-state index is 15.9. The Morgan fingerprint density at radius 1 is 0.944 bits per heavy atom. The molecule has 0 aromatic heterocycles. The summed E-state index contributed by atoms with van der Waals surface area (Å²) in [6, 6.07) is 4.09. The van der Waals surface area contributed by atoms with Crippen molar-refractivity contribution in [3.05, 3.63) is 98.7 Å². The van der Waals surface area contributed by atoms with Crippen LogP contribution in [0.2, 0.25) is 0 Å². The lowest BCUT2D eigenvalue weighted by Gasteiger charge is -2.56. The highest BCUT2D eigenvalue weighted by Crippen LogP contribution is 2.69. The van der Waals surface area contributed by atoms with E-state index in [0.29, 0.717) is 42.5 Å². The van der Waals surface area contributed by atoms with Gasteiger partial charge in [-0.2, -0.15) is 0 Å². The van der Waals surface area contributed by atoms with Crippen molar-refractivity contribution in [2.45, 2.75) is 147 Å². The minimum Gasteiger partial charge on any atom is -0.482 e. The number of aliphatic hydroxyl groups excluding tert-OH is 4. The molecule has 0 amide bonds. The van der Waals surface area contributed by atoms with Crippen LogP contribution >= 0.6 is 0 Å². The molecule has 4 bridgehead atoms. The van der Waals surface area contributed by atoms with Gasteiger partial charge in [0.05, 0.1) is 30.4 Å². The number of carbonyl (C=O) groups excluding carboxylic acids is 4. The summed E-state index contributed by atoms with van der Waals surface area (Å²) in [4.78, 5) is 58.2. The second kappa shape index (κ2) is 19.2. The predicted molar refractivity (Wildman–Crippen MR) is 256 cm³/mol. The van der Waals surface area contributed by atoms with Gasteiger partial charge in [0.1, 0.15) is 59.4 Å². The number of fused-ring (bicyclic) bond motifs is 2. The Bertz CT molecular complexity index is 2700. The first-order valence-electron chi connectivity index (χ1n) is 23.8. The van der Waals surface area contributed by atoms with Crippen LogP contribution < -0.4 is 18.9 Å². The minimum atomic E-state index is -1.76. The van der Waals surface area contributed by atoms with E-state index in [2.05, 4.69) is 6.08 Å². The van der Waals surface area contributed by atoms with Crippen molar-refractivity contribution >= 4 is 36.0 Å². The number of rotatable bonds is 16. The Morgan fingerprint density at radius 2 is 1.68 bits per heavy atom. The highest BCUT2D eigenvalue weighted by atomic mass is 16.7. The molecule has 0 radical (unpaired) electrons. The molecule has 3 aliphatic carbocycles. The first-order chi connectivity index (χ1) is 33.6. The zero-order chi connectivity index (χ0) is 51.5. The molecule has 380 valence electrons. The van der Waals surface area contributed by atoms with Crippen molar-refractivity contribution in [1.82, 2.24) is 0 Å². The Kier molecular flexibility index (Phi) is 13.9. The van der Waals surface area contributed by atoms with E-state index in [1.54, 1.807) is 25.2 Å². The van der Waals surface area contributed by atoms with Gasteiger partial charge in [-0.05, 0) is 111 Å². The molecule has 17 heteroatoms. The number of benzene rings is 2. The third-order valence-corrected chi connectivity index (χ3v) is 14.5. The Balaban J connectivity index is 1.30. The van der Waals surface area contributed by atoms with E-state index in [0.717, 1.165) is 11.1 Å². The van der Waals surface area contributed by atoms with Crippen LogP contribution in [0.3, 0.4) is 0 Å². The summed E-state index contributed by atoms with van der Waals surface area (Å²) < 4.78 is 49.6. The molecule has 10 atom stereocenters. The Morgan fingerprint density at radius 3 is 2.35 bits per heavy atom. The molecule has 2 aromatic rings. The highest BCUT2D eigenvalue weighted by molar-refractivity contribution is 6.19. The molecule has 5 N–H and O–H groups in total. The summed E-state index contributed by atoms with van der Waals surface area (Å²) in [5.41, 5.74) is -1.95. The summed E-state index contributed by atoms with van der Waals surface area (Å²) in [7, 11) is 1.27. The van der Waals surface area contributed by atoms with Gasteiger partial charge >= 0.3 is 11.9 Å². The number of allylic oxidation sites excluding steroid dienone is 5. The van der Waals surface area contributed by atoms with Crippen molar-refractivity contribution < 1.29 is 77.5 Å². The lowest BCUT2D eigenvalue weighted by Crippen LogP contribution is -2.72. The molecule has 71 heavy (non-hydrogen) atoms. The van der Waals surface area contributed by atoms with Crippen LogP contribution in [0, 0.1) is 17.2 Å². The number of hydrogen-bond acceptors (Lipinski definition) is 17. The molecule has 9 rings (SSSR count). The molecule has 4 heterocycles. The number of nitrogens with one attached hydrogen (secondary N) is 1. The van der Waals surface area contributed by atoms with Gasteiger partial charge in [0.15, 0.2) is 34.9 Å². The molecule has 2 saturated heterocycles. The normalized spacial score (nSPS) is 30.6. The van der Waals surface area contributed by atoms with Crippen LogP contribution in [0.15, 0.2) is 70.9 Å². The molecule has 17 nitrogen and oxygen atoms in total. The average molecular weight is 982 g/mol. The molecular formula is C54H63NO16. The van der Waals surface area contributed by atoms with Gasteiger partial charge in [0, 0.05) is 40.5 Å². The van der Waals surface area contributed by atoms with Gasteiger partial charge in [-0.1, -0.05) is 35.5 Å². The number of aliphatic hydroxyl groups is 4. The summed E-state index contributed by atoms with van der Waals surface area (Å²) in [6.07, 6.45) is 5.41. The standard InChI is InChI=1S/C54H63NO16/c1-27(2)11-10-18-52(8)19-17-34-44(69-52)33(14-12-28(3)4)46-39(40(57)35-22-31-23-38-51(6,7)71-53(47(31)61,54(35,38)70-46)20-16-29(5)48(62)64-9)45(34)68-49(63)30-13-15-36(32(21-30)25-65-26-55)66-50-43(60)42(59)41(58)37(24-56)67-50/h11-13,15-17,19,21-22,26,31,37-38,41-43,50,55-56,58-60H,10,14,18,20,23-25H2,1-9H3/b29-16-,55-26?/t31?,37-,38?,41-,42+,43-,50-,52?,53?,54?/m1/s1. The van der Waals surface area contributed by atoms with Crippen LogP contribution in [0.5, 0.6) is 23.0 Å². The monoisotopic (exact) mass is 981 g/mol. The molecule has 1 spiro atoms. The lowest BCUT2D eigenvalue weighted by atomic mass is 9.51. The smallest absolute Gasteiger partial charge is 0.343 e. The molecule has 4 aliphatic heterocycles.